The summed E-state index contributed by atoms with van der Waals surface area (Å²) < 4.78 is 0. The van der Waals surface area contributed by atoms with E-state index in [0.717, 1.165) is 5.75 Å². The van der Waals surface area contributed by atoms with Crippen molar-refractivity contribution in [3.05, 3.63) is 0 Å². The Morgan fingerprint density at radius 1 is 1.46 bits per heavy atom. The molecule has 13 heavy (non-hydrogen) atoms. The number of thioether (sulfide) groups is 1. The van der Waals surface area contributed by atoms with Gasteiger partial charge in [0, 0.05) is 24.6 Å². The third kappa shape index (κ3) is 7.93. The Morgan fingerprint density at radius 3 is 2.69 bits per heavy atom. The summed E-state index contributed by atoms with van der Waals surface area (Å²) in [4.78, 5) is 21.7. The Hall–Kier alpha value is -0.420. The van der Waals surface area contributed by atoms with Crippen molar-refractivity contribution in [1.82, 2.24) is 10.6 Å². The van der Waals surface area contributed by atoms with Gasteiger partial charge in [-0.15, -0.1) is 11.6 Å². The van der Waals surface area contributed by atoms with Crippen molar-refractivity contribution in [2.45, 2.75) is 6.42 Å². The number of carbonyl (C=O) groups is 2. The van der Waals surface area contributed by atoms with Crippen molar-refractivity contribution in [3.8, 4) is 0 Å². The van der Waals surface area contributed by atoms with E-state index >= 15 is 0 Å². The molecule has 0 aromatic heterocycles. The van der Waals surface area contributed by atoms with Gasteiger partial charge < -0.3 is 5.32 Å². The molecule has 2 N–H and O–H groups in total. The lowest BCUT2D eigenvalue weighted by Gasteiger charge is -2.04. The first kappa shape index (κ1) is 12.6. The number of alkyl halides is 1. The van der Waals surface area contributed by atoms with Crippen LogP contribution < -0.4 is 10.6 Å². The highest BCUT2D eigenvalue weighted by molar-refractivity contribution is 7.98. The van der Waals surface area contributed by atoms with Gasteiger partial charge in [-0.2, -0.15) is 11.8 Å². The van der Waals surface area contributed by atoms with E-state index in [4.69, 9.17) is 11.6 Å². The van der Waals surface area contributed by atoms with Gasteiger partial charge in [0.1, 0.15) is 0 Å². The van der Waals surface area contributed by atoms with Crippen LogP contribution >= 0.6 is 23.4 Å². The fourth-order valence-corrected chi connectivity index (χ4v) is 1.06. The third-order valence-electron chi connectivity index (χ3n) is 1.17. The number of urea groups is 1. The van der Waals surface area contributed by atoms with Gasteiger partial charge in [0.25, 0.3) is 0 Å². The Morgan fingerprint density at radius 2 is 2.15 bits per heavy atom. The molecule has 0 aromatic carbocycles. The maximum absolute atomic E-state index is 10.9. The van der Waals surface area contributed by atoms with Crippen molar-refractivity contribution in [3.63, 3.8) is 0 Å². The van der Waals surface area contributed by atoms with Gasteiger partial charge in [-0.25, -0.2) is 4.79 Å². The van der Waals surface area contributed by atoms with Crippen LogP contribution in [0, 0.1) is 0 Å². The van der Waals surface area contributed by atoms with Gasteiger partial charge in [0.2, 0.25) is 5.91 Å². The first-order chi connectivity index (χ1) is 6.20. The number of halogens is 1. The molecule has 0 unspecified atom stereocenters. The third-order valence-corrected chi connectivity index (χ3v) is 1.97. The van der Waals surface area contributed by atoms with Crippen LogP contribution in [0.4, 0.5) is 4.79 Å². The van der Waals surface area contributed by atoms with Crippen molar-refractivity contribution in [2.75, 3.05) is 24.4 Å². The van der Waals surface area contributed by atoms with Crippen LogP contribution in [0.15, 0.2) is 0 Å². The lowest BCUT2D eigenvalue weighted by atomic mass is 10.4. The highest BCUT2D eigenvalue weighted by atomic mass is 35.5. The highest BCUT2D eigenvalue weighted by Gasteiger charge is 2.04. The average molecular weight is 225 g/mol. The number of imide groups is 1. The second-order valence-electron chi connectivity index (χ2n) is 2.24. The standard InChI is InChI=1S/C7H13ClN2O2S/c1-13-5-4-9-7(12)10-6(11)2-3-8/h2-5H2,1H3,(H2,9,10,11,12). The summed E-state index contributed by atoms with van der Waals surface area (Å²) in [6.45, 7) is 0.557. The van der Waals surface area contributed by atoms with Gasteiger partial charge in [-0.1, -0.05) is 0 Å². The van der Waals surface area contributed by atoms with Gasteiger partial charge in [0.15, 0.2) is 0 Å². The van der Waals surface area contributed by atoms with Crippen molar-refractivity contribution >= 4 is 35.3 Å². The molecular weight excluding hydrogens is 212 g/mol. The van der Waals surface area contributed by atoms with Crippen molar-refractivity contribution in [1.29, 1.82) is 0 Å². The highest BCUT2D eigenvalue weighted by Crippen LogP contribution is 1.87. The molecule has 0 saturated heterocycles. The van der Waals surface area contributed by atoms with Gasteiger partial charge >= 0.3 is 6.03 Å². The number of amides is 3. The zero-order chi connectivity index (χ0) is 10.1. The Kier molecular flexibility index (Phi) is 7.93. The molecule has 0 spiro atoms. The minimum absolute atomic E-state index is 0.164. The van der Waals surface area contributed by atoms with Crippen LogP contribution in [0.1, 0.15) is 6.42 Å². The number of rotatable bonds is 5. The first-order valence-corrected chi connectivity index (χ1v) is 5.76. The predicted molar refractivity (Wildman–Crippen MR) is 55.3 cm³/mol. The zero-order valence-electron chi connectivity index (χ0n) is 7.43. The predicted octanol–water partition coefficient (Wildman–Crippen LogP) is 0.804. The smallest absolute Gasteiger partial charge is 0.321 e. The van der Waals surface area contributed by atoms with Crippen LogP contribution in [0.5, 0.6) is 0 Å². The summed E-state index contributed by atoms with van der Waals surface area (Å²) in [5.74, 6) is 0.706. The van der Waals surface area contributed by atoms with Crippen LogP contribution in [0.3, 0.4) is 0 Å². The van der Waals surface area contributed by atoms with E-state index in [1.165, 1.54) is 0 Å². The molecule has 6 heteroatoms. The molecule has 0 heterocycles. The number of carbonyl (C=O) groups excluding carboxylic acids is 2. The zero-order valence-corrected chi connectivity index (χ0v) is 9.00. The van der Waals surface area contributed by atoms with E-state index in [-0.39, 0.29) is 18.2 Å². The van der Waals surface area contributed by atoms with E-state index in [9.17, 15) is 9.59 Å². The molecule has 4 nitrogen and oxygen atoms in total. The Bertz CT molecular complexity index is 178. The second-order valence-corrected chi connectivity index (χ2v) is 3.60. The van der Waals surface area contributed by atoms with Crippen LogP contribution in [0.2, 0.25) is 0 Å². The topological polar surface area (TPSA) is 58.2 Å². The van der Waals surface area contributed by atoms with E-state index in [2.05, 4.69) is 10.6 Å². The fraction of sp³-hybridized carbons (Fsp3) is 0.714. The van der Waals surface area contributed by atoms with Crippen molar-refractivity contribution in [2.24, 2.45) is 0 Å². The second kappa shape index (κ2) is 8.19. The minimum atomic E-state index is -0.454. The molecule has 0 fully saturated rings. The maximum atomic E-state index is 10.9. The quantitative estimate of drug-likeness (QED) is 0.537. The molecule has 76 valence electrons. The summed E-state index contributed by atoms with van der Waals surface area (Å²) in [6.07, 6.45) is 2.11. The van der Waals surface area contributed by atoms with Crippen LogP contribution in [-0.2, 0) is 4.79 Å². The normalized spacial score (nSPS) is 9.38. The molecule has 0 aliphatic heterocycles. The van der Waals surface area contributed by atoms with E-state index < -0.39 is 6.03 Å². The molecule has 0 aromatic rings. The molecule has 0 aliphatic rings. The lowest BCUT2D eigenvalue weighted by molar-refractivity contribution is -0.119. The molecule has 0 rings (SSSR count). The number of nitrogens with one attached hydrogen (secondary N) is 2. The molecule has 3 amide bonds. The molecule has 0 bridgehead atoms. The molecular formula is C7H13ClN2O2S. The molecule has 0 atom stereocenters. The average Bonchev–Trinajstić information content (AvgIpc) is 2.05. The fourth-order valence-electron chi connectivity index (χ4n) is 0.586. The number of hydrogen-bond donors (Lipinski definition) is 2. The van der Waals surface area contributed by atoms with Gasteiger partial charge in [0.05, 0.1) is 0 Å². The van der Waals surface area contributed by atoms with E-state index in [0.29, 0.717) is 6.54 Å². The molecule has 0 radical (unpaired) electrons. The summed E-state index contributed by atoms with van der Waals surface area (Å²) in [5.41, 5.74) is 0. The molecule has 0 aliphatic carbocycles. The van der Waals surface area contributed by atoms with Gasteiger partial charge in [-0.05, 0) is 6.26 Å². The largest absolute Gasteiger partial charge is 0.337 e. The Balaban J connectivity index is 3.44. The SMILES string of the molecule is CSCCNC(=O)NC(=O)CCCl. The van der Waals surface area contributed by atoms with Crippen molar-refractivity contribution < 1.29 is 9.59 Å². The Labute approximate surface area is 86.8 Å². The number of hydrogen-bond acceptors (Lipinski definition) is 3. The van der Waals surface area contributed by atoms with E-state index in [1.54, 1.807) is 11.8 Å². The van der Waals surface area contributed by atoms with E-state index in [1.807, 2.05) is 6.26 Å². The van der Waals surface area contributed by atoms with Crippen LogP contribution in [-0.4, -0.2) is 36.4 Å². The summed E-state index contributed by atoms with van der Waals surface area (Å²) in [7, 11) is 0. The molecule has 0 saturated carbocycles. The monoisotopic (exact) mass is 224 g/mol. The lowest BCUT2D eigenvalue weighted by Crippen LogP contribution is -2.40. The first-order valence-electron chi connectivity index (χ1n) is 3.83. The maximum Gasteiger partial charge on any atom is 0.321 e. The summed E-state index contributed by atoms with van der Waals surface area (Å²) in [5, 5.41) is 4.70. The minimum Gasteiger partial charge on any atom is -0.337 e. The summed E-state index contributed by atoms with van der Waals surface area (Å²) in [6, 6.07) is -0.454. The van der Waals surface area contributed by atoms with Crippen LogP contribution in [0.25, 0.3) is 0 Å². The van der Waals surface area contributed by atoms with Gasteiger partial charge in [-0.3, -0.25) is 10.1 Å². The summed E-state index contributed by atoms with van der Waals surface area (Å²) >= 11 is 6.93.